The summed E-state index contributed by atoms with van der Waals surface area (Å²) in [5.74, 6) is -0.457. The molecule has 0 saturated carbocycles. The van der Waals surface area contributed by atoms with E-state index in [1.54, 1.807) is 18.3 Å². The van der Waals surface area contributed by atoms with Crippen LogP contribution in [0.1, 0.15) is 37.7 Å². The number of hydrogen-bond acceptors (Lipinski definition) is 3. The van der Waals surface area contributed by atoms with Crippen LogP contribution in [0.2, 0.25) is 0 Å². The van der Waals surface area contributed by atoms with Gasteiger partial charge >= 0.3 is 0 Å². The molecular weight excluding hydrogens is 305 g/mol. The molecule has 1 aromatic carbocycles. The lowest BCUT2D eigenvalue weighted by Gasteiger charge is -2.11. The van der Waals surface area contributed by atoms with Crippen LogP contribution in [0.25, 0.3) is 0 Å². The second kappa shape index (κ2) is 9.13. The van der Waals surface area contributed by atoms with Crippen molar-refractivity contribution in [1.29, 1.82) is 0 Å². The van der Waals surface area contributed by atoms with E-state index in [0.29, 0.717) is 18.5 Å². The Bertz CT molecular complexity index is 652. The molecule has 1 heterocycles. The highest BCUT2D eigenvalue weighted by Crippen LogP contribution is 2.19. The predicted octanol–water partition coefficient (Wildman–Crippen LogP) is 3.74. The first-order valence-electron chi connectivity index (χ1n) is 8.29. The molecular formula is C19H24FN3O. The number of nitrogens with zero attached hydrogens (tertiary/aromatic N) is 1. The summed E-state index contributed by atoms with van der Waals surface area (Å²) in [6.07, 6.45) is 9.62. The van der Waals surface area contributed by atoms with E-state index < -0.39 is 0 Å². The van der Waals surface area contributed by atoms with E-state index in [-0.39, 0.29) is 17.8 Å². The maximum atomic E-state index is 13.5. The predicted molar refractivity (Wildman–Crippen MR) is 96.6 cm³/mol. The zero-order valence-electron chi connectivity index (χ0n) is 13.8. The summed E-state index contributed by atoms with van der Waals surface area (Å²) in [4.78, 5) is 16.4. The highest BCUT2D eigenvalue weighted by atomic mass is 19.1. The van der Waals surface area contributed by atoms with Crippen molar-refractivity contribution in [1.82, 2.24) is 0 Å². The van der Waals surface area contributed by atoms with Crippen molar-refractivity contribution >= 4 is 17.3 Å². The number of carbonyl (C=O) groups excluding carboxylic acids is 1. The average molecular weight is 329 g/mol. The van der Waals surface area contributed by atoms with Crippen LogP contribution < -0.4 is 11.1 Å². The average Bonchev–Trinajstić information content (AvgIpc) is 2.55. The lowest BCUT2D eigenvalue weighted by atomic mass is 10.0. The maximum Gasteiger partial charge on any atom is 0.224 e. The third-order valence-corrected chi connectivity index (χ3v) is 4.02. The molecule has 1 aliphatic heterocycles. The van der Waals surface area contributed by atoms with Crippen LogP contribution in [0.4, 0.5) is 10.1 Å². The molecule has 1 atom stereocenters. The fourth-order valence-electron chi connectivity index (χ4n) is 2.65. The molecule has 4 nitrogen and oxygen atoms in total. The van der Waals surface area contributed by atoms with Gasteiger partial charge in [-0.3, -0.25) is 9.79 Å². The zero-order valence-corrected chi connectivity index (χ0v) is 13.8. The van der Waals surface area contributed by atoms with Gasteiger partial charge in [-0.25, -0.2) is 4.39 Å². The van der Waals surface area contributed by atoms with Gasteiger partial charge in [0.25, 0.3) is 0 Å². The number of allylic oxidation sites excluding steroid dienone is 1. The van der Waals surface area contributed by atoms with Crippen molar-refractivity contribution in [3.63, 3.8) is 0 Å². The minimum absolute atomic E-state index is 0.0898. The Morgan fingerprint density at radius 1 is 1.33 bits per heavy atom. The molecule has 0 bridgehead atoms. The van der Waals surface area contributed by atoms with Crippen molar-refractivity contribution in [2.75, 3.05) is 5.32 Å². The maximum absolute atomic E-state index is 13.5. The Kier molecular flexibility index (Phi) is 6.88. The Morgan fingerprint density at radius 3 is 2.96 bits per heavy atom. The monoisotopic (exact) mass is 329 g/mol. The Balaban J connectivity index is 2.24. The topological polar surface area (TPSA) is 67.5 Å². The van der Waals surface area contributed by atoms with Crippen LogP contribution in [-0.2, 0) is 11.2 Å². The number of nitrogens with one attached hydrogen (secondary N) is 1. The zero-order chi connectivity index (χ0) is 17.4. The highest BCUT2D eigenvalue weighted by Gasteiger charge is 2.10. The Morgan fingerprint density at radius 2 is 2.17 bits per heavy atom. The van der Waals surface area contributed by atoms with E-state index in [9.17, 15) is 9.18 Å². The second-order valence-corrected chi connectivity index (χ2v) is 5.90. The van der Waals surface area contributed by atoms with Gasteiger partial charge in [0.2, 0.25) is 5.91 Å². The third-order valence-electron chi connectivity index (χ3n) is 4.02. The molecule has 0 fully saturated rings. The molecule has 0 radical (unpaired) electrons. The third kappa shape index (κ3) is 5.42. The molecule has 0 unspecified atom stereocenters. The number of fused-ring (bicyclic) bond motifs is 1. The van der Waals surface area contributed by atoms with E-state index in [2.05, 4.69) is 16.9 Å². The molecule has 5 heteroatoms. The van der Waals surface area contributed by atoms with Gasteiger partial charge in [-0.15, -0.1) is 0 Å². The van der Waals surface area contributed by atoms with E-state index in [0.717, 1.165) is 37.0 Å². The number of halogens is 1. The number of amides is 1. The van der Waals surface area contributed by atoms with Crippen LogP contribution >= 0.6 is 0 Å². The summed E-state index contributed by atoms with van der Waals surface area (Å²) in [6, 6.07) is 4.28. The molecule has 0 aliphatic carbocycles. The summed E-state index contributed by atoms with van der Waals surface area (Å²) < 4.78 is 13.5. The number of rotatable bonds is 1. The molecule has 0 saturated heterocycles. The Hall–Kier alpha value is -2.27. The van der Waals surface area contributed by atoms with Gasteiger partial charge in [0.05, 0.1) is 5.71 Å². The molecule has 1 amide bonds. The van der Waals surface area contributed by atoms with Gasteiger partial charge < -0.3 is 11.1 Å². The van der Waals surface area contributed by atoms with Gasteiger partial charge in [-0.1, -0.05) is 31.6 Å². The highest BCUT2D eigenvalue weighted by molar-refractivity contribution is 5.99. The van der Waals surface area contributed by atoms with E-state index in [1.165, 1.54) is 12.1 Å². The van der Waals surface area contributed by atoms with Gasteiger partial charge in [0.1, 0.15) is 5.82 Å². The summed E-state index contributed by atoms with van der Waals surface area (Å²) in [7, 11) is 0. The molecule has 1 aliphatic rings. The molecule has 2 rings (SSSR count). The number of anilines is 1. The van der Waals surface area contributed by atoms with Crippen LogP contribution in [0.3, 0.4) is 0 Å². The summed E-state index contributed by atoms with van der Waals surface area (Å²) in [5.41, 5.74) is 8.25. The fourth-order valence-corrected chi connectivity index (χ4v) is 2.65. The minimum atomic E-state index is -0.367. The number of benzene rings is 1. The van der Waals surface area contributed by atoms with Gasteiger partial charge in [0.15, 0.2) is 0 Å². The number of carbonyl (C=O) groups is 1. The molecule has 1 aromatic rings. The smallest absolute Gasteiger partial charge is 0.224 e. The van der Waals surface area contributed by atoms with E-state index in [4.69, 9.17) is 5.73 Å². The van der Waals surface area contributed by atoms with E-state index in [1.807, 2.05) is 6.08 Å². The molecule has 128 valence electrons. The normalized spacial score (nSPS) is 21.5. The number of hydrogen-bond donors (Lipinski definition) is 2. The van der Waals surface area contributed by atoms with E-state index >= 15 is 0 Å². The molecule has 3 N–H and O–H groups in total. The van der Waals surface area contributed by atoms with Crippen LogP contribution in [0.15, 0.2) is 48.1 Å². The van der Waals surface area contributed by atoms with Crippen molar-refractivity contribution in [3.8, 4) is 0 Å². The molecule has 0 aromatic heterocycles. The summed E-state index contributed by atoms with van der Waals surface area (Å²) in [6.45, 7) is 3.77. The lowest BCUT2D eigenvalue weighted by Crippen LogP contribution is -2.28. The fraction of sp³-hybridized carbons (Fsp3) is 0.368. The molecule has 0 spiro atoms. The van der Waals surface area contributed by atoms with Gasteiger partial charge in [-0.2, -0.15) is 0 Å². The van der Waals surface area contributed by atoms with Gasteiger partial charge in [0, 0.05) is 24.4 Å². The first-order valence-corrected chi connectivity index (χ1v) is 8.29. The Labute approximate surface area is 142 Å². The van der Waals surface area contributed by atoms with Gasteiger partial charge in [-0.05, 0) is 43.0 Å². The van der Waals surface area contributed by atoms with Crippen LogP contribution in [0.5, 0.6) is 0 Å². The van der Waals surface area contributed by atoms with Crippen molar-refractivity contribution in [3.05, 3.63) is 54.5 Å². The van der Waals surface area contributed by atoms with Crippen molar-refractivity contribution in [2.24, 2.45) is 10.7 Å². The quantitative estimate of drug-likeness (QED) is 0.824. The molecule has 24 heavy (non-hydrogen) atoms. The SMILES string of the molecule is C=CC1=N/C=C\Cc2ccc(F)cc2NC(=O)CCCCC[C@@H]1N. The number of nitrogens with two attached hydrogens (primary N) is 1. The first kappa shape index (κ1) is 18.1. The standard InChI is InChI=1S/C19H24FN3O/c1-2-17-16(21)8-4-3-5-9-19(24)23-18-13-15(20)11-10-14(18)7-6-12-22-17/h2,6,10-13,16H,1,3-5,7-9,21H2,(H,23,24)/b12-6-,22-17?/t16-/m0/s1. The first-order chi connectivity index (χ1) is 11.6. The summed E-state index contributed by atoms with van der Waals surface area (Å²) >= 11 is 0. The lowest BCUT2D eigenvalue weighted by molar-refractivity contribution is -0.116. The second-order valence-electron chi connectivity index (χ2n) is 5.90. The van der Waals surface area contributed by atoms with Crippen molar-refractivity contribution in [2.45, 2.75) is 44.6 Å². The van der Waals surface area contributed by atoms with Crippen LogP contribution in [-0.4, -0.2) is 17.7 Å². The largest absolute Gasteiger partial charge is 0.326 e. The number of aliphatic imine (C=N–C) groups is 1. The van der Waals surface area contributed by atoms with Crippen LogP contribution in [0, 0.1) is 5.82 Å². The summed E-state index contributed by atoms with van der Waals surface area (Å²) in [5, 5.41) is 2.81. The van der Waals surface area contributed by atoms with Crippen molar-refractivity contribution < 1.29 is 9.18 Å². The minimum Gasteiger partial charge on any atom is -0.326 e.